The van der Waals surface area contributed by atoms with Gasteiger partial charge in [-0.15, -0.1) is 0 Å². The lowest BCUT2D eigenvalue weighted by molar-refractivity contribution is 0.0148. The highest BCUT2D eigenvalue weighted by molar-refractivity contribution is 5.64. The monoisotopic (exact) mass is 358 g/mol. The second kappa shape index (κ2) is 8.72. The molecule has 2 rings (SSSR count). The Bertz CT molecular complexity index is 704. The summed E-state index contributed by atoms with van der Waals surface area (Å²) in [4.78, 5) is 11.9. The third-order valence-corrected chi connectivity index (χ3v) is 4.44. The van der Waals surface area contributed by atoms with Crippen LogP contribution >= 0.6 is 0 Å². The lowest BCUT2D eigenvalue weighted by atomic mass is 9.78. The van der Waals surface area contributed by atoms with E-state index in [0.29, 0.717) is 18.8 Å². The molecular weight excluding hydrogens is 332 g/mol. The Kier molecular flexibility index (Phi) is 6.64. The summed E-state index contributed by atoms with van der Waals surface area (Å²) in [5, 5.41) is 9.46. The molecule has 1 N–H and O–H groups in total. The van der Waals surface area contributed by atoms with E-state index in [1.165, 1.54) is 0 Å². The van der Waals surface area contributed by atoms with Crippen LogP contribution in [0.4, 0.5) is 4.79 Å². The first-order chi connectivity index (χ1) is 12.4. The van der Waals surface area contributed by atoms with Crippen molar-refractivity contribution in [2.45, 2.75) is 38.7 Å². The molecule has 1 unspecified atom stereocenters. The van der Waals surface area contributed by atoms with Crippen LogP contribution in [0.25, 0.3) is 0 Å². The molecule has 140 valence electrons. The Morgan fingerprint density at radius 1 is 1.04 bits per heavy atom. The molecule has 0 spiro atoms. The summed E-state index contributed by atoms with van der Waals surface area (Å²) >= 11 is 0. The van der Waals surface area contributed by atoms with Gasteiger partial charge >= 0.3 is 6.16 Å². The summed E-state index contributed by atoms with van der Waals surface area (Å²) in [6, 6.07) is 14.5. The zero-order valence-corrected chi connectivity index (χ0v) is 15.7. The molecule has 0 saturated carbocycles. The standard InChI is InChI=1S/C21H26O5/c1-5-18(14-24-4)25-20(23)26-19-12-8-16(9-13-19)21(2,3)15-6-10-17(22)11-7-15/h6-13,18,22H,5,14H2,1-4H3. The fraction of sp³-hybridized carbons (Fsp3) is 0.381. The van der Waals surface area contributed by atoms with Gasteiger partial charge in [-0.1, -0.05) is 45.0 Å². The van der Waals surface area contributed by atoms with E-state index in [9.17, 15) is 9.90 Å². The van der Waals surface area contributed by atoms with Gasteiger partial charge in [0.25, 0.3) is 0 Å². The number of hydrogen-bond donors (Lipinski definition) is 1. The smallest absolute Gasteiger partial charge is 0.508 e. The molecular formula is C21H26O5. The number of methoxy groups -OCH3 is 1. The second-order valence-electron chi connectivity index (χ2n) is 6.65. The van der Waals surface area contributed by atoms with Gasteiger partial charge in [0.15, 0.2) is 0 Å². The molecule has 0 aliphatic heterocycles. The zero-order valence-electron chi connectivity index (χ0n) is 15.7. The third-order valence-electron chi connectivity index (χ3n) is 4.44. The maximum Gasteiger partial charge on any atom is 0.514 e. The normalized spacial score (nSPS) is 12.5. The van der Waals surface area contributed by atoms with Crippen LogP contribution in [0.1, 0.15) is 38.3 Å². The van der Waals surface area contributed by atoms with Crippen molar-refractivity contribution in [1.29, 1.82) is 0 Å². The Morgan fingerprint density at radius 2 is 1.58 bits per heavy atom. The summed E-state index contributed by atoms with van der Waals surface area (Å²) in [6.45, 7) is 6.45. The number of hydrogen-bond acceptors (Lipinski definition) is 5. The van der Waals surface area contributed by atoms with Crippen molar-refractivity contribution in [1.82, 2.24) is 0 Å². The van der Waals surface area contributed by atoms with Crippen molar-refractivity contribution in [3.63, 3.8) is 0 Å². The minimum atomic E-state index is -0.737. The summed E-state index contributed by atoms with van der Waals surface area (Å²) in [7, 11) is 1.56. The molecule has 0 amide bonds. The molecule has 0 radical (unpaired) electrons. The van der Waals surface area contributed by atoms with Crippen LogP contribution in [-0.4, -0.2) is 31.1 Å². The third kappa shape index (κ3) is 4.99. The van der Waals surface area contributed by atoms with Crippen LogP contribution in [0, 0.1) is 0 Å². The molecule has 0 heterocycles. The summed E-state index contributed by atoms with van der Waals surface area (Å²) in [5.41, 5.74) is 1.89. The molecule has 0 aromatic heterocycles. The van der Waals surface area contributed by atoms with Crippen molar-refractivity contribution in [3.05, 3.63) is 59.7 Å². The van der Waals surface area contributed by atoms with E-state index in [2.05, 4.69) is 13.8 Å². The molecule has 0 saturated heterocycles. The Labute approximate surface area is 154 Å². The maximum atomic E-state index is 11.9. The van der Waals surface area contributed by atoms with Crippen molar-refractivity contribution < 1.29 is 24.1 Å². The zero-order chi connectivity index (χ0) is 19.2. The molecule has 0 fully saturated rings. The first-order valence-corrected chi connectivity index (χ1v) is 8.64. The summed E-state index contributed by atoms with van der Waals surface area (Å²) in [5.74, 6) is 0.665. The number of aromatic hydroxyl groups is 1. The SMILES string of the molecule is CCC(COC)OC(=O)Oc1ccc(C(C)(C)c2ccc(O)cc2)cc1. The molecule has 0 aliphatic rings. The number of ether oxygens (including phenoxy) is 3. The van der Waals surface area contributed by atoms with Gasteiger partial charge in [0.05, 0.1) is 6.61 Å². The minimum Gasteiger partial charge on any atom is -0.508 e. The van der Waals surface area contributed by atoms with E-state index in [-0.39, 0.29) is 17.3 Å². The van der Waals surface area contributed by atoms with E-state index in [4.69, 9.17) is 14.2 Å². The maximum absolute atomic E-state index is 11.9. The lowest BCUT2D eigenvalue weighted by Gasteiger charge is -2.26. The van der Waals surface area contributed by atoms with Crippen LogP contribution < -0.4 is 4.74 Å². The number of phenols is 1. The Balaban J connectivity index is 2.05. The Hall–Kier alpha value is -2.53. The number of phenolic OH excluding ortho intramolecular Hbond substituents is 1. The average molecular weight is 358 g/mol. The van der Waals surface area contributed by atoms with E-state index >= 15 is 0 Å². The van der Waals surface area contributed by atoms with E-state index in [1.54, 1.807) is 31.4 Å². The van der Waals surface area contributed by atoms with Crippen LogP contribution in [0.3, 0.4) is 0 Å². The average Bonchev–Trinajstić information content (AvgIpc) is 2.62. The molecule has 5 nitrogen and oxygen atoms in total. The van der Waals surface area contributed by atoms with Gasteiger partial charge in [-0.2, -0.15) is 0 Å². The number of rotatable bonds is 7. The van der Waals surface area contributed by atoms with Crippen molar-refractivity contribution in [2.24, 2.45) is 0 Å². The highest BCUT2D eigenvalue weighted by Crippen LogP contribution is 2.33. The predicted octanol–water partition coefficient (Wildman–Crippen LogP) is 4.66. The first-order valence-electron chi connectivity index (χ1n) is 8.64. The van der Waals surface area contributed by atoms with Gasteiger partial charge in [0, 0.05) is 12.5 Å². The summed E-state index contributed by atoms with van der Waals surface area (Å²) < 4.78 is 15.4. The molecule has 2 aromatic carbocycles. The van der Waals surface area contributed by atoms with Crippen molar-refractivity contribution in [2.75, 3.05) is 13.7 Å². The molecule has 0 bridgehead atoms. The minimum absolute atomic E-state index is 0.241. The highest BCUT2D eigenvalue weighted by atomic mass is 16.7. The van der Waals surface area contributed by atoms with Crippen LogP contribution in [0.15, 0.2) is 48.5 Å². The van der Waals surface area contributed by atoms with E-state index in [1.807, 2.05) is 31.2 Å². The van der Waals surface area contributed by atoms with Crippen LogP contribution in [-0.2, 0) is 14.9 Å². The van der Waals surface area contributed by atoms with E-state index in [0.717, 1.165) is 11.1 Å². The fourth-order valence-corrected chi connectivity index (χ4v) is 2.66. The lowest BCUT2D eigenvalue weighted by Crippen LogP contribution is -2.24. The molecule has 5 heteroatoms. The number of benzene rings is 2. The van der Waals surface area contributed by atoms with Crippen molar-refractivity contribution >= 4 is 6.16 Å². The number of carbonyl (C=O) groups is 1. The largest absolute Gasteiger partial charge is 0.514 e. The number of carbonyl (C=O) groups excluding carboxylic acids is 1. The Morgan fingerprint density at radius 3 is 2.08 bits per heavy atom. The fourth-order valence-electron chi connectivity index (χ4n) is 2.66. The van der Waals surface area contributed by atoms with Crippen LogP contribution in [0.5, 0.6) is 11.5 Å². The summed E-state index contributed by atoms with van der Waals surface area (Å²) in [6.07, 6.45) is -0.400. The quantitative estimate of drug-likeness (QED) is 0.576. The molecule has 2 aromatic rings. The van der Waals surface area contributed by atoms with Gasteiger partial charge in [-0.05, 0) is 41.8 Å². The molecule has 0 aliphatic carbocycles. The van der Waals surface area contributed by atoms with Gasteiger partial charge < -0.3 is 19.3 Å². The van der Waals surface area contributed by atoms with E-state index < -0.39 is 6.16 Å². The topological polar surface area (TPSA) is 65.0 Å². The second-order valence-corrected chi connectivity index (χ2v) is 6.65. The van der Waals surface area contributed by atoms with Gasteiger partial charge in [0.2, 0.25) is 0 Å². The van der Waals surface area contributed by atoms with Gasteiger partial charge in [0.1, 0.15) is 17.6 Å². The van der Waals surface area contributed by atoms with Gasteiger partial charge in [-0.3, -0.25) is 0 Å². The first kappa shape index (κ1) is 19.8. The molecule has 1 atom stereocenters. The predicted molar refractivity (Wildman–Crippen MR) is 99.7 cm³/mol. The van der Waals surface area contributed by atoms with Crippen molar-refractivity contribution in [3.8, 4) is 11.5 Å². The van der Waals surface area contributed by atoms with Crippen LogP contribution in [0.2, 0.25) is 0 Å². The molecule has 26 heavy (non-hydrogen) atoms. The van der Waals surface area contributed by atoms with Gasteiger partial charge in [-0.25, -0.2) is 4.79 Å². The highest BCUT2D eigenvalue weighted by Gasteiger charge is 2.23.